The van der Waals surface area contributed by atoms with Gasteiger partial charge < -0.3 is 21.5 Å². The van der Waals surface area contributed by atoms with Crippen LogP contribution >= 0.6 is 0 Å². The molecule has 0 spiro atoms. The quantitative estimate of drug-likeness (QED) is 0.405. The molecule has 0 saturated carbocycles. The van der Waals surface area contributed by atoms with Crippen LogP contribution in [0.5, 0.6) is 0 Å². The molecule has 0 aromatic carbocycles. The monoisotopic (exact) mass is 246 g/mol. The van der Waals surface area contributed by atoms with Gasteiger partial charge in [0.2, 0.25) is 0 Å². The molecule has 0 fully saturated rings. The normalized spacial score (nSPS) is 17.1. The second kappa shape index (κ2) is 9.79. The summed E-state index contributed by atoms with van der Waals surface area (Å²) in [5.41, 5.74) is 6.01. The second-order valence-electron chi connectivity index (χ2n) is 4.53. The van der Waals surface area contributed by atoms with Crippen molar-refractivity contribution in [3.63, 3.8) is 0 Å². The standard InChI is InChI=1S/C12H30N4O/c1-5-10(7-8-14-3)15-9-11(13)16(4)12(17)6-2/h10-12,14-15,17H,5-9,13H2,1-4H3/t10?,11-,12?/m0/s1. The van der Waals surface area contributed by atoms with Gasteiger partial charge in [0.05, 0.1) is 6.17 Å². The van der Waals surface area contributed by atoms with Crippen LogP contribution in [0.3, 0.4) is 0 Å². The van der Waals surface area contributed by atoms with Gasteiger partial charge in [-0.1, -0.05) is 13.8 Å². The highest BCUT2D eigenvalue weighted by Crippen LogP contribution is 2.01. The van der Waals surface area contributed by atoms with E-state index in [1.54, 1.807) is 4.90 Å². The zero-order chi connectivity index (χ0) is 13.3. The highest BCUT2D eigenvalue weighted by Gasteiger charge is 2.16. The van der Waals surface area contributed by atoms with Crippen LogP contribution in [0.2, 0.25) is 0 Å². The summed E-state index contributed by atoms with van der Waals surface area (Å²) in [7, 11) is 3.82. The Labute approximate surface area is 106 Å². The maximum absolute atomic E-state index is 9.67. The van der Waals surface area contributed by atoms with Gasteiger partial charge in [-0.15, -0.1) is 0 Å². The van der Waals surface area contributed by atoms with Crippen molar-refractivity contribution in [2.45, 2.75) is 51.5 Å². The van der Waals surface area contributed by atoms with Crippen LogP contribution in [0.15, 0.2) is 0 Å². The minimum absolute atomic E-state index is 0.145. The number of nitrogens with zero attached hydrogens (tertiary/aromatic N) is 1. The van der Waals surface area contributed by atoms with E-state index >= 15 is 0 Å². The van der Waals surface area contributed by atoms with Crippen LogP contribution in [-0.2, 0) is 0 Å². The van der Waals surface area contributed by atoms with Crippen molar-refractivity contribution in [3.8, 4) is 0 Å². The molecule has 0 radical (unpaired) electrons. The predicted molar refractivity (Wildman–Crippen MR) is 72.7 cm³/mol. The first-order valence-electron chi connectivity index (χ1n) is 6.60. The molecular weight excluding hydrogens is 216 g/mol. The summed E-state index contributed by atoms with van der Waals surface area (Å²) in [6.45, 7) is 5.83. The molecular formula is C12H30N4O. The molecule has 0 amide bonds. The number of hydrogen-bond donors (Lipinski definition) is 4. The number of aliphatic hydroxyl groups excluding tert-OH is 1. The van der Waals surface area contributed by atoms with Gasteiger partial charge in [0.25, 0.3) is 0 Å². The van der Waals surface area contributed by atoms with E-state index in [-0.39, 0.29) is 6.17 Å². The van der Waals surface area contributed by atoms with Gasteiger partial charge in [0.1, 0.15) is 6.23 Å². The lowest BCUT2D eigenvalue weighted by Crippen LogP contribution is -2.52. The molecule has 17 heavy (non-hydrogen) atoms. The number of hydrogen-bond acceptors (Lipinski definition) is 5. The van der Waals surface area contributed by atoms with Crippen LogP contribution in [-0.4, -0.2) is 55.6 Å². The lowest BCUT2D eigenvalue weighted by molar-refractivity contribution is -0.00725. The largest absolute Gasteiger partial charge is 0.378 e. The van der Waals surface area contributed by atoms with E-state index in [1.165, 1.54) is 0 Å². The lowest BCUT2D eigenvalue weighted by Gasteiger charge is -2.30. The van der Waals surface area contributed by atoms with E-state index in [0.717, 1.165) is 19.4 Å². The SMILES string of the molecule is CCC(CCNC)NC[C@@H](N)N(C)C(O)CC. The molecule has 0 aliphatic heterocycles. The molecule has 5 nitrogen and oxygen atoms in total. The Morgan fingerprint density at radius 3 is 2.41 bits per heavy atom. The van der Waals surface area contributed by atoms with Crippen LogP contribution in [0.4, 0.5) is 0 Å². The smallest absolute Gasteiger partial charge is 0.108 e. The van der Waals surface area contributed by atoms with E-state index in [1.807, 2.05) is 21.0 Å². The van der Waals surface area contributed by atoms with Crippen LogP contribution in [0, 0.1) is 0 Å². The molecule has 5 N–H and O–H groups in total. The third-order valence-electron chi connectivity index (χ3n) is 3.21. The summed E-state index contributed by atoms with van der Waals surface area (Å²) in [4.78, 5) is 1.80. The Morgan fingerprint density at radius 2 is 1.94 bits per heavy atom. The van der Waals surface area contributed by atoms with Gasteiger partial charge in [-0.25, -0.2) is 0 Å². The molecule has 0 aliphatic rings. The summed E-state index contributed by atoms with van der Waals surface area (Å²) in [5, 5.41) is 16.3. The average Bonchev–Trinajstić information content (AvgIpc) is 2.36. The second-order valence-corrected chi connectivity index (χ2v) is 4.53. The maximum Gasteiger partial charge on any atom is 0.108 e. The summed E-state index contributed by atoms with van der Waals surface area (Å²) >= 11 is 0. The van der Waals surface area contributed by atoms with Gasteiger partial charge in [-0.05, 0) is 39.9 Å². The zero-order valence-corrected chi connectivity index (χ0v) is 11.7. The highest BCUT2D eigenvalue weighted by atomic mass is 16.3. The lowest BCUT2D eigenvalue weighted by atomic mass is 10.1. The Kier molecular flexibility index (Phi) is 9.68. The molecule has 5 heteroatoms. The van der Waals surface area contributed by atoms with Crippen LogP contribution in [0.1, 0.15) is 33.1 Å². The van der Waals surface area contributed by atoms with Crippen LogP contribution < -0.4 is 16.4 Å². The molecule has 0 heterocycles. The summed E-state index contributed by atoms with van der Waals surface area (Å²) < 4.78 is 0. The topological polar surface area (TPSA) is 73.5 Å². The third kappa shape index (κ3) is 6.95. The minimum atomic E-state index is -0.454. The Morgan fingerprint density at radius 1 is 1.29 bits per heavy atom. The molecule has 0 aromatic rings. The number of rotatable bonds is 10. The van der Waals surface area contributed by atoms with Gasteiger partial charge in [-0.3, -0.25) is 4.90 Å². The molecule has 0 bridgehead atoms. The molecule has 0 saturated heterocycles. The van der Waals surface area contributed by atoms with Gasteiger partial charge in [0.15, 0.2) is 0 Å². The van der Waals surface area contributed by atoms with E-state index in [2.05, 4.69) is 17.6 Å². The fraction of sp³-hybridized carbons (Fsp3) is 1.00. The molecule has 3 atom stereocenters. The molecule has 104 valence electrons. The van der Waals surface area contributed by atoms with E-state index < -0.39 is 6.23 Å². The minimum Gasteiger partial charge on any atom is -0.378 e. The highest BCUT2D eigenvalue weighted by molar-refractivity contribution is 4.72. The fourth-order valence-corrected chi connectivity index (χ4v) is 1.71. The first-order valence-corrected chi connectivity index (χ1v) is 6.60. The maximum atomic E-state index is 9.67. The first kappa shape index (κ1) is 16.8. The summed E-state index contributed by atoms with van der Waals surface area (Å²) in [6, 6.07) is 0.487. The van der Waals surface area contributed by atoms with Crippen molar-refractivity contribution in [1.29, 1.82) is 0 Å². The van der Waals surface area contributed by atoms with Gasteiger partial charge in [-0.2, -0.15) is 0 Å². The first-order chi connectivity index (χ1) is 8.06. The summed E-state index contributed by atoms with van der Waals surface area (Å²) in [6.07, 6.45) is 2.29. The van der Waals surface area contributed by atoms with Crippen molar-refractivity contribution in [1.82, 2.24) is 15.5 Å². The molecule has 0 aliphatic carbocycles. The van der Waals surface area contributed by atoms with E-state index in [9.17, 15) is 5.11 Å². The van der Waals surface area contributed by atoms with E-state index in [4.69, 9.17) is 5.73 Å². The fourth-order valence-electron chi connectivity index (χ4n) is 1.71. The third-order valence-corrected chi connectivity index (χ3v) is 3.21. The van der Waals surface area contributed by atoms with Crippen molar-refractivity contribution in [2.75, 3.05) is 27.2 Å². The molecule has 2 unspecified atom stereocenters. The Bertz CT molecular complexity index is 180. The predicted octanol–water partition coefficient (Wildman–Crippen LogP) is -0.0909. The number of nitrogens with two attached hydrogens (primary N) is 1. The molecule has 0 aromatic heterocycles. The Balaban J connectivity index is 3.90. The molecule has 0 rings (SSSR count). The van der Waals surface area contributed by atoms with Crippen LogP contribution in [0.25, 0.3) is 0 Å². The number of likely N-dealkylation sites (N-methyl/N-ethyl adjacent to an activating group) is 1. The van der Waals surface area contributed by atoms with Crippen molar-refractivity contribution < 1.29 is 5.11 Å². The van der Waals surface area contributed by atoms with Crippen molar-refractivity contribution in [2.24, 2.45) is 5.73 Å². The number of nitrogens with one attached hydrogen (secondary N) is 2. The summed E-state index contributed by atoms with van der Waals surface area (Å²) in [5.74, 6) is 0. The van der Waals surface area contributed by atoms with Crippen molar-refractivity contribution in [3.05, 3.63) is 0 Å². The average molecular weight is 246 g/mol. The van der Waals surface area contributed by atoms with Gasteiger partial charge >= 0.3 is 0 Å². The van der Waals surface area contributed by atoms with Gasteiger partial charge in [0, 0.05) is 12.6 Å². The zero-order valence-electron chi connectivity index (χ0n) is 11.7. The number of aliphatic hydroxyl groups is 1. The Hall–Kier alpha value is -0.200. The van der Waals surface area contributed by atoms with Crippen molar-refractivity contribution >= 4 is 0 Å². The van der Waals surface area contributed by atoms with E-state index in [0.29, 0.717) is 19.0 Å².